The van der Waals surface area contributed by atoms with Crippen LogP contribution in [0.1, 0.15) is 38.8 Å². The van der Waals surface area contributed by atoms with Crippen molar-refractivity contribution in [3.8, 4) is 5.75 Å². The van der Waals surface area contributed by atoms with Gasteiger partial charge in [-0.05, 0) is 44.0 Å². The summed E-state index contributed by atoms with van der Waals surface area (Å²) in [6.45, 7) is 8.00. The number of para-hydroxylation sites is 1. The van der Waals surface area contributed by atoms with Crippen molar-refractivity contribution in [1.82, 2.24) is 10.2 Å². The molecule has 0 aliphatic carbocycles. The van der Waals surface area contributed by atoms with E-state index in [0.29, 0.717) is 18.2 Å². The molecule has 0 radical (unpaired) electrons. The van der Waals surface area contributed by atoms with E-state index in [9.17, 15) is 26.4 Å². The van der Waals surface area contributed by atoms with E-state index in [1.54, 1.807) is 18.2 Å². The Morgan fingerprint density at radius 1 is 1.06 bits per heavy atom. The van der Waals surface area contributed by atoms with Crippen LogP contribution in [0.15, 0.2) is 53.4 Å². The molecule has 0 aliphatic heterocycles. The molecule has 32 heavy (non-hydrogen) atoms. The molecule has 1 N–H and O–H groups in total. The Kier molecular flexibility index (Phi) is 8.17. The minimum Gasteiger partial charge on any atom is -0.379 e. The van der Waals surface area contributed by atoms with Gasteiger partial charge in [0.15, 0.2) is 0 Å². The summed E-state index contributed by atoms with van der Waals surface area (Å²) in [5.74, 6) is 0.0887. The maximum absolute atomic E-state index is 13.0. The minimum absolute atomic E-state index is 0.0592. The highest BCUT2D eigenvalue weighted by molar-refractivity contribution is 7.87. The van der Waals surface area contributed by atoms with Crippen molar-refractivity contribution < 1.29 is 30.6 Å². The zero-order chi connectivity index (χ0) is 24.1. The summed E-state index contributed by atoms with van der Waals surface area (Å²) in [4.78, 5) is 13.5. The summed E-state index contributed by atoms with van der Waals surface area (Å²) < 4.78 is 69.5. The molecular weight excluding hydrogens is 445 g/mol. The van der Waals surface area contributed by atoms with Crippen molar-refractivity contribution in [3.05, 3.63) is 59.7 Å². The Hall–Kier alpha value is -2.75. The molecular formula is C22H27F3N2O4S. The van der Waals surface area contributed by atoms with Gasteiger partial charge in [-0.15, -0.1) is 0 Å². The van der Waals surface area contributed by atoms with E-state index in [4.69, 9.17) is 4.18 Å². The molecule has 0 fully saturated rings. The van der Waals surface area contributed by atoms with E-state index in [-0.39, 0.29) is 30.3 Å². The number of halogens is 3. The quantitative estimate of drug-likeness (QED) is 0.546. The van der Waals surface area contributed by atoms with Gasteiger partial charge in [0.2, 0.25) is 0 Å². The van der Waals surface area contributed by atoms with Crippen LogP contribution in [-0.2, 0) is 22.8 Å². The highest BCUT2D eigenvalue weighted by Gasteiger charge is 2.32. The number of benzene rings is 2. The fourth-order valence-electron chi connectivity index (χ4n) is 2.91. The fraction of sp³-hybridized carbons (Fsp3) is 0.409. The van der Waals surface area contributed by atoms with Gasteiger partial charge in [-0.3, -0.25) is 0 Å². The van der Waals surface area contributed by atoms with Crippen molar-refractivity contribution in [1.29, 1.82) is 0 Å². The molecule has 10 heteroatoms. The van der Waals surface area contributed by atoms with E-state index in [1.165, 1.54) is 11.0 Å². The number of amides is 2. The fourth-order valence-corrected chi connectivity index (χ4v) is 3.93. The summed E-state index contributed by atoms with van der Waals surface area (Å²) in [6.07, 6.45) is -4.69. The lowest BCUT2D eigenvalue weighted by molar-refractivity contribution is -0.137. The molecule has 0 atom stereocenters. The molecule has 0 saturated carbocycles. The Morgan fingerprint density at radius 2 is 1.72 bits per heavy atom. The Balaban J connectivity index is 2.34. The molecule has 0 saturated heterocycles. The Morgan fingerprint density at radius 3 is 2.31 bits per heavy atom. The Bertz CT molecular complexity index is 1040. The van der Waals surface area contributed by atoms with Crippen LogP contribution in [0.5, 0.6) is 5.75 Å². The average Bonchev–Trinajstić information content (AvgIpc) is 2.67. The molecule has 2 aromatic rings. The second-order valence-electron chi connectivity index (χ2n) is 8.05. The topological polar surface area (TPSA) is 75.7 Å². The van der Waals surface area contributed by atoms with Crippen molar-refractivity contribution in [2.24, 2.45) is 5.92 Å². The molecule has 2 aromatic carbocycles. The number of nitrogens with one attached hydrogen (secondary N) is 1. The van der Waals surface area contributed by atoms with Gasteiger partial charge in [-0.2, -0.15) is 21.6 Å². The van der Waals surface area contributed by atoms with Crippen molar-refractivity contribution in [3.63, 3.8) is 0 Å². The summed E-state index contributed by atoms with van der Waals surface area (Å²) in [6, 6.07) is 9.15. The first-order valence-electron chi connectivity index (χ1n) is 10.0. The zero-order valence-corrected chi connectivity index (χ0v) is 19.1. The minimum atomic E-state index is -4.69. The molecule has 2 amide bonds. The zero-order valence-electron chi connectivity index (χ0n) is 18.3. The number of hydrogen-bond donors (Lipinski definition) is 1. The van der Waals surface area contributed by atoms with Crippen LogP contribution in [0.3, 0.4) is 0 Å². The highest BCUT2D eigenvalue weighted by Crippen LogP contribution is 2.31. The second-order valence-corrected chi connectivity index (χ2v) is 9.60. The van der Waals surface area contributed by atoms with Crippen LogP contribution in [0, 0.1) is 5.92 Å². The smallest absolute Gasteiger partial charge is 0.379 e. The highest BCUT2D eigenvalue weighted by atomic mass is 32.2. The molecule has 0 bridgehead atoms. The molecule has 176 valence electrons. The van der Waals surface area contributed by atoms with Crippen molar-refractivity contribution in [2.45, 2.75) is 51.4 Å². The lowest BCUT2D eigenvalue weighted by Crippen LogP contribution is -2.44. The molecule has 0 spiro atoms. The molecule has 0 heterocycles. The van der Waals surface area contributed by atoms with E-state index < -0.39 is 26.8 Å². The maximum Gasteiger partial charge on any atom is 0.416 e. The summed E-state index contributed by atoms with van der Waals surface area (Å²) in [5, 5.41) is 2.80. The molecule has 0 aromatic heterocycles. The van der Waals surface area contributed by atoms with Crippen LogP contribution < -0.4 is 9.50 Å². The number of hydrogen-bond acceptors (Lipinski definition) is 4. The van der Waals surface area contributed by atoms with Gasteiger partial charge in [0.25, 0.3) is 0 Å². The lowest BCUT2D eigenvalue weighted by Gasteiger charge is -2.26. The van der Waals surface area contributed by atoms with Crippen molar-refractivity contribution >= 4 is 16.1 Å². The van der Waals surface area contributed by atoms with Crippen LogP contribution in [-0.4, -0.2) is 31.9 Å². The van der Waals surface area contributed by atoms with Crippen molar-refractivity contribution in [2.75, 3.05) is 6.54 Å². The van der Waals surface area contributed by atoms with Gasteiger partial charge in [0, 0.05) is 18.2 Å². The van der Waals surface area contributed by atoms with Crippen LogP contribution in [0.4, 0.5) is 18.0 Å². The first kappa shape index (κ1) is 25.5. The van der Waals surface area contributed by atoms with Gasteiger partial charge < -0.3 is 14.4 Å². The van der Waals surface area contributed by atoms with Gasteiger partial charge >= 0.3 is 22.3 Å². The standard InChI is InChI=1S/C22H27F3N2O4S/c1-15(2)13-27(21(28)26-16(3)4)14-17-8-5-6-11-20(17)31-32(29,30)19-10-7-9-18(12-19)22(23,24)25/h5-12,15-16H,13-14H2,1-4H3,(H,26,28). The molecule has 0 aliphatic rings. The van der Waals surface area contributed by atoms with E-state index in [0.717, 1.165) is 18.2 Å². The largest absolute Gasteiger partial charge is 0.416 e. The third-order valence-corrected chi connectivity index (χ3v) is 5.50. The number of carbonyl (C=O) groups excluding carboxylic acids is 1. The SMILES string of the molecule is CC(C)CN(Cc1ccccc1OS(=O)(=O)c1cccc(C(F)(F)F)c1)C(=O)NC(C)C. The summed E-state index contributed by atoms with van der Waals surface area (Å²) >= 11 is 0. The molecule has 6 nitrogen and oxygen atoms in total. The maximum atomic E-state index is 13.0. The predicted octanol–water partition coefficient (Wildman–Crippen LogP) is 5.05. The average molecular weight is 473 g/mol. The molecule has 0 unspecified atom stereocenters. The summed E-state index contributed by atoms with van der Waals surface area (Å²) in [5.41, 5.74) is -0.688. The Labute approximate surface area is 186 Å². The van der Waals surface area contributed by atoms with Gasteiger partial charge in [0.05, 0.1) is 12.1 Å². The van der Waals surface area contributed by atoms with E-state index >= 15 is 0 Å². The number of alkyl halides is 3. The van der Waals surface area contributed by atoms with Gasteiger partial charge in [-0.25, -0.2) is 4.79 Å². The first-order chi connectivity index (χ1) is 14.8. The van der Waals surface area contributed by atoms with Gasteiger partial charge in [0.1, 0.15) is 10.6 Å². The number of urea groups is 1. The monoisotopic (exact) mass is 472 g/mol. The second kappa shape index (κ2) is 10.2. The van der Waals surface area contributed by atoms with E-state index in [1.807, 2.05) is 27.7 Å². The predicted molar refractivity (Wildman–Crippen MR) is 115 cm³/mol. The third kappa shape index (κ3) is 7.15. The van der Waals surface area contributed by atoms with Crippen LogP contribution >= 0.6 is 0 Å². The number of carbonyl (C=O) groups is 1. The van der Waals surface area contributed by atoms with Gasteiger partial charge in [-0.1, -0.05) is 38.1 Å². The normalized spacial score (nSPS) is 12.2. The van der Waals surface area contributed by atoms with E-state index in [2.05, 4.69) is 5.32 Å². The summed E-state index contributed by atoms with van der Waals surface area (Å²) in [7, 11) is -4.54. The third-order valence-electron chi connectivity index (χ3n) is 4.27. The number of nitrogens with zero attached hydrogens (tertiary/aromatic N) is 1. The molecule has 2 rings (SSSR count). The lowest BCUT2D eigenvalue weighted by atomic mass is 10.1. The van der Waals surface area contributed by atoms with Crippen LogP contribution in [0.25, 0.3) is 0 Å². The first-order valence-corrected chi connectivity index (χ1v) is 11.5. The number of rotatable bonds is 8. The van der Waals surface area contributed by atoms with Crippen LogP contribution in [0.2, 0.25) is 0 Å².